The van der Waals surface area contributed by atoms with Crippen molar-refractivity contribution >= 4 is 5.82 Å². The number of ether oxygens (including phenoxy) is 1. The second-order valence-corrected chi connectivity index (χ2v) is 5.03. The van der Waals surface area contributed by atoms with Crippen LogP contribution in [0.4, 0.5) is 14.6 Å². The number of aromatic nitrogens is 1. The summed E-state index contributed by atoms with van der Waals surface area (Å²) in [6, 6.07) is 12.4. The van der Waals surface area contributed by atoms with Crippen molar-refractivity contribution in [2.45, 2.75) is 26.5 Å². The van der Waals surface area contributed by atoms with Crippen molar-refractivity contribution in [1.29, 1.82) is 0 Å². The van der Waals surface area contributed by atoms with Gasteiger partial charge in [-0.15, -0.1) is 0 Å². The Kier molecular flexibility index (Phi) is 5.09. The number of alkyl halides is 2. The van der Waals surface area contributed by atoms with E-state index in [1.165, 1.54) is 0 Å². The van der Waals surface area contributed by atoms with Crippen LogP contribution >= 0.6 is 0 Å². The van der Waals surface area contributed by atoms with Crippen molar-refractivity contribution in [3.8, 4) is 5.75 Å². The molecule has 0 amide bonds. The first-order valence-corrected chi connectivity index (χ1v) is 6.78. The Hall–Kier alpha value is -2.17. The summed E-state index contributed by atoms with van der Waals surface area (Å²) in [7, 11) is 0. The maximum Gasteiger partial charge on any atom is 0.387 e. The molecule has 0 radical (unpaired) electrons. The van der Waals surface area contributed by atoms with Crippen molar-refractivity contribution in [1.82, 2.24) is 4.98 Å². The van der Waals surface area contributed by atoms with Crippen molar-refractivity contribution in [3.63, 3.8) is 0 Å². The molecule has 2 aromatic rings. The maximum absolute atomic E-state index is 12.2. The average Bonchev–Trinajstić information content (AvgIpc) is 2.46. The standard InChI is InChI=1S/C16H18F2N2O/c1-11(2)15(20-14-5-3-4-10-19-14)12-6-8-13(9-7-12)21-16(17)18/h3-11,15-16H,1-2H3,(H,19,20). The molecule has 0 bridgehead atoms. The Balaban J connectivity index is 2.14. The maximum atomic E-state index is 12.2. The SMILES string of the molecule is CC(C)C(Nc1ccccn1)c1ccc(OC(F)F)cc1. The van der Waals surface area contributed by atoms with Crippen molar-refractivity contribution in [2.75, 3.05) is 5.32 Å². The summed E-state index contributed by atoms with van der Waals surface area (Å²) in [5, 5.41) is 3.35. The Labute approximate surface area is 123 Å². The minimum absolute atomic E-state index is 0.0421. The quantitative estimate of drug-likeness (QED) is 0.851. The zero-order chi connectivity index (χ0) is 15.2. The third-order valence-corrected chi connectivity index (χ3v) is 3.10. The van der Waals surface area contributed by atoms with Gasteiger partial charge in [-0.1, -0.05) is 32.0 Å². The molecule has 1 aromatic carbocycles. The minimum atomic E-state index is -2.80. The molecular formula is C16H18F2N2O. The first-order chi connectivity index (χ1) is 10.1. The molecule has 0 fully saturated rings. The van der Waals surface area contributed by atoms with E-state index in [1.54, 1.807) is 30.5 Å². The lowest BCUT2D eigenvalue weighted by molar-refractivity contribution is -0.0498. The number of anilines is 1. The summed E-state index contributed by atoms with van der Waals surface area (Å²) >= 11 is 0. The fraction of sp³-hybridized carbons (Fsp3) is 0.312. The first-order valence-electron chi connectivity index (χ1n) is 6.78. The third-order valence-electron chi connectivity index (χ3n) is 3.10. The molecule has 0 spiro atoms. The zero-order valence-electron chi connectivity index (χ0n) is 12.0. The van der Waals surface area contributed by atoms with E-state index in [4.69, 9.17) is 0 Å². The summed E-state index contributed by atoms with van der Waals surface area (Å²) in [5.74, 6) is 1.26. The summed E-state index contributed by atoms with van der Waals surface area (Å²) < 4.78 is 28.7. The van der Waals surface area contributed by atoms with Crippen molar-refractivity contribution in [3.05, 3.63) is 54.2 Å². The molecular weight excluding hydrogens is 274 g/mol. The summed E-state index contributed by atoms with van der Waals surface area (Å²) in [4.78, 5) is 4.25. The lowest BCUT2D eigenvalue weighted by atomic mass is 9.96. The Morgan fingerprint density at radius 2 is 1.76 bits per heavy atom. The van der Waals surface area contributed by atoms with E-state index in [0.29, 0.717) is 5.92 Å². The molecule has 112 valence electrons. The van der Waals surface area contributed by atoms with Gasteiger partial charge in [-0.25, -0.2) is 4.98 Å². The molecule has 0 aliphatic heterocycles. The van der Waals surface area contributed by atoms with E-state index in [2.05, 4.69) is 28.9 Å². The largest absolute Gasteiger partial charge is 0.435 e. The molecule has 1 heterocycles. The highest BCUT2D eigenvalue weighted by Gasteiger charge is 2.16. The highest BCUT2D eigenvalue weighted by atomic mass is 19.3. The fourth-order valence-corrected chi connectivity index (χ4v) is 2.10. The van der Waals surface area contributed by atoms with Gasteiger partial charge < -0.3 is 10.1 Å². The van der Waals surface area contributed by atoms with E-state index >= 15 is 0 Å². The highest BCUT2D eigenvalue weighted by molar-refractivity contribution is 5.39. The van der Waals surface area contributed by atoms with Gasteiger partial charge in [0.2, 0.25) is 0 Å². The van der Waals surface area contributed by atoms with Crippen LogP contribution in [0, 0.1) is 5.92 Å². The van der Waals surface area contributed by atoms with Gasteiger partial charge in [0.05, 0.1) is 6.04 Å². The first kappa shape index (κ1) is 15.2. The number of rotatable bonds is 6. The number of halogens is 2. The van der Waals surface area contributed by atoms with E-state index < -0.39 is 6.61 Å². The number of nitrogens with one attached hydrogen (secondary N) is 1. The van der Waals surface area contributed by atoms with Crippen LogP contribution < -0.4 is 10.1 Å². The van der Waals surface area contributed by atoms with Crippen LogP contribution in [-0.4, -0.2) is 11.6 Å². The Morgan fingerprint density at radius 3 is 2.29 bits per heavy atom. The highest BCUT2D eigenvalue weighted by Crippen LogP contribution is 2.27. The topological polar surface area (TPSA) is 34.2 Å². The van der Waals surface area contributed by atoms with Crippen molar-refractivity contribution in [2.24, 2.45) is 5.92 Å². The smallest absolute Gasteiger partial charge is 0.387 e. The lowest BCUT2D eigenvalue weighted by Crippen LogP contribution is -2.17. The van der Waals surface area contributed by atoms with Gasteiger partial charge in [-0.2, -0.15) is 8.78 Å². The van der Waals surface area contributed by atoms with E-state index in [1.807, 2.05) is 18.2 Å². The van der Waals surface area contributed by atoms with Crippen molar-refractivity contribution < 1.29 is 13.5 Å². The molecule has 1 N–H and O–H groups in total. The normalized spacial score (nSPS) is 12.5. The summed E-state index contributed by atoms with van der Waals surface area (Å²) in [6.45, 7) is 1.37. The molecule has 2 rings (SSSR count). The van der Waals surface area contributed by atoms with Crippen LogP contribution in [0.25, 0.3) is 0 Å². The van der Waals surface area contributed by atoms with Gasteiger partial charge in [0.25, 0.3) is 0 Å². The predicted molar refractivity (Wildman–Crippen MR) is 78.5 cm³/mol. The molecule has 0 saturated carbocycles. The lowest BCUT2D eigenvalue weighted by Gasteiger charge is -2.23. The molecule has 0 aliphatic rings. The number of hydrogen-bond donors (Lipinski definition) is 1. The average molecular weight is 292 g/mol. The fourth-order valence-electron chi connectivity index (χ4n) is 2.10. The number of pyridine rings is 1. The van der Waals surface area contributed by atoms with E-state index in [-0.39, 0.29) is 11.8 Å². The van der Waals surface area contributed by atoms with Crippen LogP contribution in [0.5, 0.6) is 5.75 Å². The van der Waals surface area contributed by atoms with E-state index in [9.17, 15) is 8.78 Å². The number of nitrogens with zero attached hydrogens (tertiary/aromatic N) is 1. The Morgan fingerprint density at radius 1 is 1.05 bits per heavy atom. The van der Waals surface area contributed by atoms with Gasteiger partial charge >= 0.3 is 6.61 Å². The molecule has 3 nitrogen and oxygen atoms in total. The molecule has 0 aliphatic carbocycles. The molecule has 1 unspecified atom stereocenters. The second-order valence-electron chi connectivity index (χ2n) is 5.03. The second kappa shape index (κ2) is 7.02. The Bertz CT molecular complexity index is 544. The monoisotopic (exact) mass is 292 g/mol. The van der Waals surface area contributed by atoms with Gasteiger partial charge in [-0.05, 0) is 35.7 Å². The van der Waals surface area contributed by atoms with Gasteiger partial charge in [0.1, 0.15) is 11.6 Å². The summed E-state index contributed by atoms with van der Waals surface area (Å²) in [5.41, 5.74) is 0.997. The number of hydrogen-bond acceptors (Lipinski definition) is 3. The van der Waals surface area contributed by atoms with Crippen LogP contribution in [-0.2, 0) is 0 Å². The van der Waals surface area contributed by atoms with Gasteiger partial charge in [0, 0.05) is 6.20 Å². The zero-order valence-corrected chi connectivity index (χ0v) is 12.0. The van der Waals surface area contributed by atoms with Crippen LogP contribution in [0.15, 0.2) is 48.7 Å². The van der Waals surface area contributed by atoms with Gasteiger partial charge in [-0.3, -0.25) is 0 Å². The number of benzene rings is 1. The van der Waals surface area contributed by atoms with Gasteiger partial charge in [0.15, 0.2) is 0 Å². The van der Waals surface area contributed by atoms with Crippen LogP contribution in [0.2, 0.25) is 0 Å². The predicted octanol–water partition coefficient (Wildman–Crippen LogP) is 4.49. The molecule has 0 saturated heterocycles. The van der Waals surface area contributed by atoms with Crippen LogP contribution in [0.1, 0.15) is 25.5 Å². The summed E-state index contributed by atoms with van der Waals surface area (Å²) in [6.07, 6.45) is 1.72. The molecule has 5 heteroatoms. The third kappa shape index (κ3) is 4.41. The molecule has 1 atom stereocenters. The molecule has 21 heavy (non-hydrogen) atoms. The minimum Gasteiger partial charge on any atom is -0.435 e. The van der Waals surface area contributed by atoms with Crippen LogP contribution in [0.3, 0.4) is 0 Å². The molecule has 1 aromatic heterocycles. The van der Waals surface area contributed by atoms with E-state index in [0.717, 1.165) is 11.4 Å².